The Morgan fingerprint density at radius 1 is 1.21 bits per heavy atom. The van der Waals surface area contributed by atoms with Crippen molar-refractivity contribution in [3.05, 3.63) is 71.3 Å². The minimum absolute atomic E-state index is 0.00922. The molecule has 29 heavy (non-hydrogen) atoms. The number of carboxylic acid groups (broad SMARTS) is 1. The summed E-state index contributed by atoms with van der Waals surface area (Å²) in [5.74, 6) is -1.30. The minimum Gasteiger partial charge on any atom is -0.481 e. The van der Waals surface area contributed by atoms with Crippen molar-refractivity contribution in [3.63, 3.8) is 0 Å². The van der Waals surface area contributed by atoms with Crippen LogP contribution in [0, 0.1) is 5.41 Å². The standard InChI is InChI=1S/C21H22N4O4/c22-21(23)15-8-6-14(7-9-15)18-10-16(29-25-18)11-19(26)24-17(12-20(27)28)13-4-2-1-3-5-13/h1-9,16-17H,10-12H2,(H3,22,23)(H,24,26)(H,27,28). The summed E-state index contributed by atoms with van der Waals surface area (Å²) in [5, 5.41) is 23.4. The molecule has 8 heteroatoms. The number of benzene rings is 2. The zero-order chi connectivity index (χ0) is 20.8. The lowest BCUT2D eigenvalue weighted by atomic mass is 10.0. The Hall–Kier alpha value is -3.68. The van der Waals surface area contributed by atoms with E-state index in [0.29, 0.717) is 17.7 Å². The number of amidine groups is 1. The maximum absolute atomic E-state index is 12.5. The third kappa shape index (κ3) is 5.41. The van der Waals surface area contributed by atoms with Gasteiger partial charge in [0.05, 0.1) is 24.6 Å². The molecule has 0 spiro atoms. The third-order valence-electron chi connectivity index (χ3n) is 4.59. The fourth-order valence-corrected chi connectivity index (χ4v) is 3.12. The molecular formula is C21H22N4O4. The van der Waals surface area contributed by atoms with E-state index in [2.05, 4.69) is 10.5 Å². The zero-order valence-electron chi connectivity index (χ0n) is 15.7. The van der Waals surface area contributed by atoms with Gasteiger partial charge in [-0.25, -0.2) is 0 Å². The highest BCUT2D eigenvalue weighted by Gasteiger charge is 2.26. The molecule has 8 nitrogen and oxygen atoms in total. The van der Waals surface area contributed by atoms with Crippen molar-refractivity contribution in [2.45, 2.75) is 31.4 Å². The monoisotopic (exact) mass is 394 g/mol. The summed E-state index contributed by atoms with van der Waals surface area (Å²) in [5.41, 5.74) is 8.36. The molecule has 1 heterocycles. The zero-order valence-corrected chi connectivity index (χ0v) is 15.7. The maximum atomic E-state index is 12.5. The van der Waals surface area contributed by atoms with Gasteiger partial charge in [-0.05, 0) is 11.1 Å². The van der Waals surface area contributed by atoms with Crippen LogP contribution in [-0.2, 0) is 14.4 Å². The molecule has 0 fully saturated rings. The minimum atomic E-state index is -0.990. The number of oxime groups is 1. The first kappa shape index (κ1) is 20.1. The van der Waals surface area contributed by atoms with E-state index < -0.39 is 18.1 Å². The molecule has 0 aliphatic carbocycles. The van der Waals surface area contributed by atoms with E-state index in [0.717, 1.165) is 11.1 Å². The van der Waals surface area contributed by atoms with Gasteiger partial charge in [-0.15, -0.1) is 0 Å². The van der Waals surface area contributed by atoms with E-state index in [4.69, 9.17) is 21.1 Å². The molecule has 5 N–H and O–H groups in total. The fraction of sp³-hybridized carbons (Fsp3) is 0.238. The van der Waals surface area contributed by atoms with E-state index in [-0.39, 0.29) is 24.6 Å². The Morgan fingerprint density at radius 2 is 1.90 bits per heavy atom. The Labute approximate surface area is 167 Å². The van der Waals surface area contributed by atoms with Crippen LogP contribution in [0.5, 0.6) is 0 Å². The van der Waals surface area contributed by atoms with E-state index in [1.807, 2.05) is 6.07 Å². The van der Waals surface area contributed by atoms with Gasteiger partial charge < -0.3 is 21.0 Å². The smallest absolute Gasteiger partial charge is 0.305 e. The second-order valence-electron chi connectivity index (χ2n) is 6.79. The van der Waals surface area contributed by atoms with Crippen LogP contribution < -0.4 is 11.1 Å². The van der Waals surface area contributed by atoms with Gasteiger partial charge in [-0.3, -0.25) is 15.0 Å². The molecule has 2 unspecified atom stereocenters. The first-order valence-corrected chi connectivity index (χ1v) is 9.16. The number of carbonyl (C=O) groups is 2. The molecule has 1 aliphatic heterocycles. The molecule has 2 atom stereocenters. The number of nitrogen functional groups attached to an aromatic ring is 1. The predicted molar refractivity (Wildman–Crippen MR) is 108 cm³/mol. The van der Waals surface area contributed by atoms with Crippen LogP contribution in [-0.4, -0.2) is 34.6 Å². The lowest BCUT2D eigenvalue weighted by Gasteiger charge is -2.18. The largest absolute Gasteiger partial charge is 0.481 e. The first-order valence-electron chi connectivity index (χ1n) is 9.16. The predicted octanol–water partition coefficient (Wildman–Crippen LogP) is 2.19. The molecule has 3 rings (SSSR count). The van der Waals surface area contributed by atoms with Crippen molar-refractivity contribution < 1.29 is 19.5 Å². The van der Waals surface area contributed by atoms with Gasteiger partial charge in [-0.1, -0.05) is 59.8 Å². The molecule has 0 aromatic heterocycles. The van der Waals surface area contributed by atoms with Crippen molar-refractivity contribution in [1.29, 1.82) is 5.41 Å². The molecule has 2 aromatic carbocycles. The summed E-state index contributed by atoms with van der Waals surface area (Å²) < 4.78 is 0. The number of carbonyl (C=O) groups excluding carboxylic acids is 1. The molecular weight excluding hydrogens is 372 g/mol. The van der Waals surface area contributed by atoms with Gasteiger partial charge in [0.2, 0.25) is 5.91 Å². The highest BCUT2D eigenvalue weighted by Crippen LogP contribution is 2.21. The lowest BCUT2D eigenvalue weighted by Crippen LogP contribution is -2.32. The normalized spacial score (nSPS) is 16.4. The van der Waals surface area contributed by atoms with Gasteiger partial charge in [0.25, 0.3) is 0 Å². The van der Waals surface area contributed by atoms with Crippen LogP contribution in [0.25, 0.3) is 0 Å². The highest BCUT2D eigenvalue weighted by molar-refractivity contribution is 6.02. The van der Waals surface area contributed by atoms with Gasteiger partial charge in [-0.2, -0.15) is 0 Å². The molecule has 1 aliphatic rings. The van der Waals surface area contributed by atoms with Crippen LogP contribution in [0.3, 0.4) is 0 Å². The van der Waals surface area contributed by atoms with Crippen LogP contribution in [0.1, 0.15) is 42.0 Å². The summed E-state index contributed by atoms with van der Waals surface area (Å²) in [4.78, 5) is 29.0. The summed E-state index contributed by atoms with van der Waals surface area (Å²) in [6, 6.07) is 15.5. The summed E-state index contributed by atoms with van der Waals surface area (Å²) in [7, 11) is 0. The second kappa shape index (κ2) is 9.01. The molecule has 0 saturated carbocycles. The first-order chi connectivity index (χ1) is 13.9. The lowest BCUT2D eigenvalue weighted by molar-refractivity contribution is -0.137. The van der Waals surface area contributed by atoms with E-state index in [1.165, 1.54) is 0 Å². The number of nitrogens with one attached hydrogen (secondary N) is 2. The van der Waals surface area contributed by atoms with Crippen molar-refractivity contribution in [1.82, 2.24) is 5.32 Å². The Kier molecular flexibility index (Phi) is 6.23. The molecule has 0 bridgehead atoms. The maximum Gasteiger partial charge on any atom is 0.305 e. The average molecular weight is 394 g/mol. The number of aliphatic carboxylic acids is 1. The topological polar surface area (TPSA) is 138 Å². The fourth-order valence-electron chi connectivity index (χ4n) is 3.12. The quantitative estimate of drug-likeness (QED) is 0.402. The summed E-state index contributed by atoms with van der Waals surface area (Å²) in [6.45, 7) is 0. The number of hydrogen-bond donors (Lipinski definition) is 4. The number of nitrogens with two attached hydrogens (primary N) is 1. The Balaban J connectivity index is 1.57. The van der Waals surface area contributed by atoms with Gasteiger partial charge in [0, 0.05) is 12.0 Å². The average Bonchev–Trinajstić information content (AvgIpc) is 3.16. The molecule has 0 saturated heterocycles. The van der Waals surface area contributed by atoms with Crippen LogP contribution in [0.15, 0.2) is 59.8 Å². The van der Waals surface area contributed by atoms with Crippen molar-refractivity contribution in [2.75, 3.05) is 0 Å². The Morgan fingerprint density at radius 3 is 2.52 bits per heavy atom. The van der Waals surface area contributed by atoms with Crippen LogP contribution in [0.2, 0.25) is 0 Å². The summed E-state index contributed by atoms with van der Waals surface area (Å²) in [6.07, 6.45) is -0.0897. The van der Waals surface area contributed by atoms with Gasteiger partial charge >= 0.3 is 5.97 Å². The Bertz CT molecular complexity index is 925. The second-order valence-corrected chi connectivity index (χ2v) is 6.79. The van der Waals surface area contributed by atoms with Crippen molar-refractivity contribution in [2.24, 2.45) is 10.9 Å². The third-order valence-corrected chi connectivity index (χ3v) is 4.59. The molecule has 2 aromatic rings. The number of amides is 1. The van der Waals surface area contributed by atoms with Gasteiger partial charge in [0.1, 0.15) is 11.9 Å². The summed E-state index contributed by atoms with van der Waals surface area (Å²) >= 11 is 0. The number of nitrogens with zero attached hydrogens (tertiary/aromatic N) is 1. The SMILES string of the molecule is N=C(N)c1ccc(C2=NOC(CC(=O)NC(CC(=O)O)c3ccccc3)C2)cc1. The van der Waals surface area contributed by atoms with E-state index >= 15 is 0 Å². The van der Waals surface area contributed by atoms with Gasteiger partial charge in [0.15, 0.2) is 0 Å². The number of hydrogen-bond acceptors (Lipinski definition) is 5. The van der Waals surface area contributed by atoms with Crippen LogP contribution in [0.4, 0.5) is 0 Å². The number of rotatable bonds is 8. The molecule has 1 amide bonds. The van der Waals surface area contributed by atoms with E-state index in [1.54, 1.807) is 48.5 Å². The van der Waals surface area contributed by atoms with Crippen LogP contribution >= 0.6 is 0 Å². The van der Waals surface area contributed by atoms with E-state index in [9.17, 15) is 9.59 Å². The van der Waals surface area contributed by atoms with Crippen molar-refractivity contribution in [3.8, 4) is 0 Å². The van der Waals surface area contributed by atoms with Crippen molar-refractivity contribution >= 4 is 23.4 Å². The highest BCUT2D eigenvalue weighted by atomic mass is 16.6. The molecule has 0 radical (unpaired) electrons. The number of carboxylic acids is 1. The molecule has 150 valence electrons.